The van der Waals surface area contributed by atoms with Gasteiger partial charge in [-0.05, 0) is 81.9 Å². The van der Waals surface area contributed by atoms with Crippen molar-refractivity contribution in [3.05, 3.63) is 65.2 Å². The molecule has 0 bridgehead atoms. The normalized spacial score (nSPS) is 15.5. The molecule has 3 amide bonds. The van der Waals surface area contributed by atoms with Crippen LogP contribution in [-0.4, -0.2) is 62.7 Å². The fraction of sp³-hybridized carbons (Fsp3) is 0.136. The summed E-state index contributed by atoms with van der Waals surface area (Å²) in [6.07, 6.45) is 4.97. The molecule has 0 fully saturated rings. The summed E-state index contributed by atoms with van der Waals surface area (Å²) in [6, 6.07) is 2.28. The lowest BCUT2D eigenvalue weighted by atomic mass is 10.0. The van der Waals surface area contributed by atoms with Gasteiger partial charge in [-0.25, -0.2) is 9.98 Å². The number of nitrogens with zero attached hydrogens (tertiary/aromatic N) is 2. The number of nitrogens with two attached hydrogens (primary N) is 2. The van der Waals surface area contributed by atoms with E-state index in [1.165, 1.54) is 0 Å². The van der Waals surface area contributed by atoms with Crippen LogP contribution in [0, 0.1) is 0 Å². The van der Waals surface area contributed by atoms with Crippen molar-refractivity contribution >= 4 is 105 Å². The maximum absolute atomic E-state index is 12.6. The van der Waals surface area contributed by atoms with Crippen molar-refractivity contribution in [3.8, 4) is 0 Å². The number of H-pyrrole nitrogens is 3. The van der Waals surface area contributed by atoms with Gasteiger partial charge >= 0.3 is 0 Å². The molecule has 1 aliphatic heterocycles. The number of halogens is 4. The van der Waals surface area contributed by atoms with Gasteiger partial charge in [-0.1, -0.05) is 12.2 Å². The zero-order chi connectivity index (χ0) is 28.3. The monoisotopic (exact) mass is 788 g/mol. The number of amides is 3. The van der Waals surface area contributed by atoms with E-state index in [0.717, 1.165) is 4.47 Å². The Morgan fingerprint density at radius 2 is 1.54 bits per heavy atom. The fourth-order valence-corrected chi connectivity index (χ4v) is 4.86. The van der Waals surface area contributed by atoms with E-state index in [-0.39, 0.29) is 36.8 Å². The smallest absolute Gasteiger partial charge is 0.268 e. The van der Waals surface area contributed by atoms with Gasteiger partial charge in [0.15, 0.2) is 17.9 Å². The van der Waals surface area contributed by atoms with Crippen molar-refractivity contribution in [1.82, 2.24) is 35.9 Å². The Labute approximate surface area is 254 Å². The summed E-state index contributed by atoms with van der Waals surface area (Å²) in [5.41, 5.74) is 13.6. The molecular formula is C22H20Br4N10O3. The highest BCUT2D eigenvalue weighted by Crippen LogP contribution is 2.27. The Morgan fingerprint density at radius 1 is 0.949 bits per heavy atom. The molecule has 4 rings (SSSR count). The number of rotatable bonds is 9. The van der Waals surface area contributed by atoms with E-state index in [1.54, 1.807) is 30.4 Å². The molecule has 39 heavy (non-hydrogen) atoms. The number of nitrogens with one attached hydrogen (secondary N) is 6. The molecule has 10 N–H and O–H groups in total. The summed E-state index contributed by atoms with van der Waals surface area (Å²) in [6.45, 7) is 0.242. The molecule has 3 aromatic heterocycles. The minimum atomic E-state index is -1.00. The molecule has 1 aliphatic rings. The van der Waals surface area contributed by atoms with Crippen molar-refractivity contribution in [2.75, 3.05) is 18.8 Å². The van der Waals surface area contributed by atoms with Crippen LogP contribution in [0.5, 0.6) is 0 Å². The summed E-state index contributed by atoms with van der Waals surface area (Å²) < 4.78 is 2.71. The lowest BCUT2D eigenvalue weighted by molar-refractivity contribution is -0.118. The largest absolute Gasteiger partial charge is 0.370 e. The third-order valence-electron chi connectivity index (χ3n) is 5.28. The van der Waals surface area contributed by atoms with Crippen molar-refractivity contribution in [2.45, 2.75) is 6.04 Å². The van der Waals surface area contributed by atoms with E-state index in [4.69, 9.17) is 11.5 Å². The van der Waals surface area contributed by atoms with Gasteiger partial charge in [-0.2, -0.15) is 0 Å². The lowest BCUT2D eigenvalue weighted by Gasteiger charge is -2.11. The van der Waals surface area contributed by atoms with Gasteiger partial charge in [0.05, 0.1) is 29.5 Å². The van der Waals surface area contributed by atoms with Gasteiger partial charge in [0.1, 0.15) is 11.4 Å². The van der Waals surface area contributed by atoms with Crippen LogP contribution >= 0.6 is 63.7 Å². The molecule has 13 nitrogen and oxygen atoms in total. The minimum Gasteiger partial charge on any atom is -0.370 e. The Morgan fingerprint density at radius 3 is 2.05 bits per heavy atom. The van der Waals surface area contributed by atoms with Crippen molar-refractivity contribution in [3.63, 3.8) is 0 Å². The van der Waals surface area contributed by atoms with E-state index in [2.05, 4.69) is 105 Å². The first-order valence-electron chi connectivity index (χ1n) is 11.0. The first kappa shape index (κ1) is 28.8. The minimum absolute atomic E-state index is 0.0353. The van der Waals surface area contributed by atoms with Gasteiger partial charge < -0.3 is 37.1 Å². The number of hydrogen-bond donors (Lipinski definition) is 8. The number of carbonyl (C=O) groups is 3. The second kappa shape index (κ2) is 12.4. The molecule has 3 aromatic rings. The summed E-state index contributed by atoms with van der Waals surface area (Å²) in [5, 5.41) is 7.98. The van der Waals surface area contributed by atoms with Gasteiger partial charge in [-0.3, -0.25) is 19.7 Å². The van der Waals surface area contributed by atoms with E-state index in [9.17, 15) is 14.4 Å². The second-order valence-corrected chi connectivity index (χ2v) is 11.3. The van der Waals surface area contributed by atoms with Crippen LogP contribution < -0.4 is 27.4 Å². The Bertz CT molecular complexity index is 1500. The Kier molecular flexibility index (Phi) is 9.14. The predicted octanol–water partition coefficient (Wildman–Crippen LogP) is 2.77. The van der Waals surface area contributed by atoms with E-state index in [1.807, 2.05) is 0 Å². The summed E-state index contributed by atoms with van der Waals surface area (Å²) in [7, 11) is 0. The van der Waals surface area contributed by atoms with Gasteiger partial charge in [0, 0.05) is 18.7 Å². The standard InChI is InChI=1S/C22H20Br4N10O3/c23-9-6-12(31-16(9)25)18(37)29-4-1-2-11-14(34-21(27)33-11)8(15-20(39)36-22(28)35-15)3-5-30-19(38)13-7-10(24)17(26)32-13/h1-3,6-7,15,31-32H,4-5H2,(H,29,37)(H,30,38)(H3,27,33,34)(H3,28,35,36,39). The molecule has 0 aliphatic carbocycles. The number of aromatic amines is 3. The highest BCUT2D eigenvalue weighted by molar-refractivity contribution is 9.13. The van der Waals surface area contributed by atoms with E-state index in [0.29, 0.717) is 42.0 Å². The van der Waals surface area contributed by atoms with E-state index >= 15 is 0 Å². The summed E-state index contributed by atoms with van der Waals surface area (Å²) in [5.74, 6) is -1.06. The van der Waals surface area contributed by atoms with Gasteiger partial charge in [0.25, 0.3) is 17.7 Å². The molecule has 1 unspecified atom stereocenters. The Balaban J connectivity index is 1.52. The predicted molar refractivity (Wildman–Crippen MR) is 161 cm³/mol. The number of carbonyl (C=O) groups excluding carboxylic acids is 3. The lowest BCUT2D eigenvalue weighted by Crippen LogP contribution is -2.33. The maximum Gasteiger partial charge on any atom is 0.268 e. The number of imidazole rings is 1. The molecule has 0 aromatic carbocycles. The Hall–Kier alpha value is -3.15. The second-order valence-electron chi connectivity index (χ2n) is 7.96. The number of hydrogen-bond acceptors (Lipinski definition) is 7. The van der Waals surface area contributed by atoms with E-state index < -0.39 is 11.9 Å². The highest BCUT2D eigenvalue weighted by Gasteiger charge is 2.31. The topological polar surface area (TPSA) is 212 Å². The van der Waals surface area contributed by atoms with Gasteiger partial charge in [0.2, 0.25) is 0 Å². The fourth-order valence-electron chi connectivity index (χ4n) is 3.54. The summed E-state index contributed by atoms with van der Waals surface area (Å²) in [4.78, 5) is 54.7. The van der Waals surface area contributed by atoms with Crippen LogP contribution in [-0.2, 0) is 4.79 Å². The highest BCUT2D eigenvalue weighted by atomic mass is 79.9. The number of anilines is 1. The number of guanidine groups is 1. The summed E-state index contributed by atoms with van der Waals surface area (Å²) >= 11 is 13.2. The number of aromatic nitrogens is 4. The van der Waals surface area contributed by atoms with Crippen LogP contribution in [0.2, 0.25) is 0 Å². The molecule has 4 heterocycles. The first-order chi connectivity index (χ1) is 18.5. The molecule has 17 heteroatoms. The molecule has 1 atom stereocenters. The molecule has 0 saturated carbocycles. The zero-order valence-electron chi connectivity index (χ0n) is 19.7. The zero-order valence-corrected chi connectivity index (χ0v) is 26.0. The van der Waals surface area contributed by atoms with Crippen LogP contribution in [0.4, 0.5) is 5.95 Å². The molecule has 204 valence electrons. The van der Waals surface area contributed by atoms with Crippen LogP contribution in [0.15, 0.2) is 47.4 Å². The number of aliphatic imine (C=N–C) groups is 1. The van der Waals surface area contributed by atoms with Crippen molar-refractivity contribution in [1.29, 1.82) is 0 Å². The van der Waals surface area contributed by atoms with Crippen LogP contribution in [0.25, 0.3) is 11.6 Å². The quantitative estimate of drug-likeness (QED) is 0.163. The van der Waals surface area contributed by atoms with Crippen LogP contribution in [0.1, 0.15) is 32.4 Å². The SMILES string of the molecule is NC1=NC(C(=CCNC(=O)c2cc(Br)c(Br)[nH]2)c2nc(N)[nH]c2C=CCNC(=O)c2cc(Br)c(Br)[nH]2)C(=O)N1. The molecule has 0 spiro atoms. The third kappa shape index (κ3) is 6.90. The average Bonchev–Trinajstić information content (AvgIpc) is 3.61. The molecular weight excluding hydrogens is 772 g/mol. The molecule has 0 saturated heterocycles. The average molecular weight is 792 g/mol. The first-order valence-corrected chi connectivity index (χ1v) is 14.2. The maximum atomic E-state index is 12.6. The number of nitrogen functional groups attached to an aromatic ring is 1. The van der Waals surface area contributed by atoms with Crippen molar-refractivity contribution < 1.29 is 14.4 Å². The third-order valence-corrected chi connectivity index (χ3v) is 8.84. The van der Waals surface area contributed by atoms with Gasteiger partial charge in [-0.15, -0.1) is 0 Å². The van der Waals surface area contributed by atoms with Crippen molar-refractivity contribution in [2.24, 2.45) is 10.7 Å². The van der Waals surface area contributed by atoms with Crippen LogP contribution in [0.3, 0.4) is 0 Å². The molecule has 0 radical (unpaired) electrons.